The van der Waals surface area contributed by atoms with Gasteiger partial charge in [0.1, 0.15) is 12.1 Å². The van der Waals surface area contributed by atoms with E-state index in [1.807, 2.05) is 30.3 Å². The highest BCUT2D eigenvalue weighted by Crippen LogP contribution is 2.23. The molecule has 0 aliphatic carbocycles. The zero-order valence-electron chi connectivity index (χ0n) is 8.23. The fraction of sp³-hybridized carbons (Fsp3) is 0.364. The zero-order valence-corrected chi connectivity index (χ0v) is 8.98. The van der Waals surface area contributed by atoms with Crippen LogP contribution in [0.2, 0.25) is 0 Å². The SMILES string of the molecule is O=C(C(Cl)c1ccccc1)N1CCOC1. The van der Waals surface area contributed by atoms with E-state index in [1.54, 1.807) is 4.90 Å². The molecule has 0 N–H and O–H groups in total. The van der Waals surface area contributed by atoms with Crippen molar-refractivity contribution >= 4 is 17.5 Å². The molecule has 1 fully saturated rings. The van der Waals surface area contributed by atoms with Gasteiger partial charge in [0.25, 0.3) is 0 Å². The van der Waals surface area contributed by atoms with Gasteiger partial charge in [-0.3, -0.25) is 4.79 Å². The summed E-state index contributed by atoms with van der Waals surface area (Å²) < 4.78 is 5.11. The highest BCUT2D eigenvalue weighted by Gasteiger charge is 2.26. The zero-order chi connectivity index (χ0) is 10.7. The maximum Gasteiger partial charge on any atom is 0.247 e. The lowest BCUT2D eigenvalue weighted by Crippen LogP contribution is -2.31. The van der Waals surface area contributed by atoms with E-state index in [1.165, 1.54) is 0 Å². The first-order valence-corrected chi connectivity index (χ1v) is 5.28. The van der Waals surface area contributed by atoms with Gasteiger partial charge in [0.2, 0.25) is 5.91 Å². The molecule has 1 amide bonds. The molecule has 0 radical (unpaired) electrons. The Labute approximate surface area is 93.6 Å². The van der Waals surface area contributed by atoms with E-state index in [0.717, 1.165) is 5.56 Å². The van der Waals surface area contributed by atoms with Crippen molar-refractivity contribution in [1.29, 1.82) is 0 Å². The second-order valence-corrected chi connectivity index (χ2v) is 3.85. The van der Waals surface area contributed by atoms with E-state index >= 15 is 0 Å². The van der Waals surface area contributed by atoms with Crippen LogP contribution >= 0.6 is 11.6 Å². The third-order valence-electron chi connectivity index (χ3n) is 2.37. The van der Waals surface area contributed by atoms with E-state index in [-0.39, 0.29) is 5.91 Å². The molecule has 2 rings (SSSR count). The van der Waals surface area contributed by atoms with Crippen LogP contribution in [0, 0.1) is 0 Å². The maximum atomic E-state index is 11.9. The molecule has 0 saturated carbocycles. The molecule has 0 aromatic heterocycles. The third-order valence-corrected chi connectivity index (χ3v) is 2.81. The van der Waals surface area contributed by atoms with Crippen molar-refractivity contribution in [2.45, 2.75) is 5.38 Å². The molecule has 1 aromatic carbocycles. The molecule has 15 heavy (non-hydrogen) atoms. The van der Waals surface area contributed by atoms with Crippen LogP contribution in [0.15, 0.2) is 30.3 Å². The number of nitrogens with zero attached hydrogens (tertiary/aromatic N) is 1. The van der Waals surface area contributed by atoms with Crippen LogP contribution in [0.4, 0.5) is 0 Å². The molecule has 1 atom stereocenters. The lowest BCUT2D eigenvalue weighted by atomic mass is 10.1. The van der Waals surface area contributed by atoms with Crippen molar-refractivity contribution < 1.29 is 9.53 Å². The Hall–Kier alpha value is -1.06. The standard InChI is InChI=1S/C11H12ClNO2/c12-10(9-4-2-1-3-5-9)11(14)13-6-7-15-8-13/h1-5,10H,6-8H2. The summed E-state index contributed by atoms with van der Waals surface area (Å²) in [7, 11) is 0. The number of carbonyl (C=O) groups excluding carboxylic acids is 1. The predicted molar refractivity (Wildman–Crippen MR) is 57.6 cm³/mol. The summed E-state index contributed by atoms with van der Waals surface area (Å²) in [5.74, 6) is -0.0830. The first-order chi connectivity index (χ1) is 7.29. The lowest BCUT2D eigenvalue weighted by molar-refractivity contribution is -0.131. The first kappa shape index (κ1) is 10.5. The minimum atomic E-state index is -0.604. The van der Waals surface area contributed by atoms with Gasteiger partial charge in [-0.15, -0.1) is 11.6 Å². The molecule has 1 aromatic rings. The van der Waals surface area contributed by atoms with Gasteiger partial charge in [-0.2, -0.15) is 0 Å². The van der Waals surface area contributed by atoms with Crippen molar-refractivity contribution in [2.24, 2.45) is 0 Å². The first-order valence-electron chi connectivity index (χ1n) is 4.84. The molecular formula is C11H12ClNO2. The Bertz CT molecular complexity index is 336. The van der Waals surface area contributed by atoms with Gasteiger partial charge in [0.05, 0.1) is 6.61 Å². The van der Waals surface area contributed by atoms with Crippen LogP contribution in [0.1, 0.15) is 10.9 Å². The van der Waals surface area contributed by atoms with Gasteiger partial charge >= 0.3 is 0 Å². The van der Waals surface area contributed by atoms with Gasteiger partial charge in [0.15, 0.2) is 0 Å². The minimum Gasteiger partial charge on any atom is -0.359 e. The number of carbonyl (C=O) groups is 1. The Kier molecular flexibility index (Phi) is 3.23. The average Bonchev–Trinajstić information content (AvgIpc) is 2.82. The summed E-state index contributed by atoms with van der Waals surface area (Å²) in [4.78, 5) is 13.5. The van der Waals surface area contributed by atoms with Crippen molar-refractivity contribution in [3.05, 3.63) is 35.9 Å². The summed E-state index contributed by atoms with van der Waals surface area (Å²) in [6.07, 6.45) is 0. The predicted octanol–water partition coefficient (Wildman–Crippen LogP) is 1.78. The molecule has 1 heterocycles. The Morgan fingerprint density at radius 3 is 2.73 bits per heavy atom. The summed E-state index contributed by atoms with van der Waals surface area (Å²) in [6.45, 7) is 1.59. The fourth-order valence-corrected chi connectivity index (χ4v) is 1.80. The molecule has 3 nitrogen and oxygen atoms in total. The van der Waals surface area contributed by atoms with Gasteiger partial charge in [-0.25, -0.2) is 0 Å². The van der Waals surface area contributed by atoms with Gasteiger partial charge in [0, 0.05) is 6.54 Å². The van der Waals surface area contributed by atoms with Gasteiger partial charge in [-0.1, -0.05) is 30.3 Å². The molecule has 1 aliphatic rings. The minimum absolute atomic E-state index is 0.0830. The van der Waals surface area contributed by atoms with Crippen LogP contribution in [0.3, 0.4) is 0 Å². The van der Waals surface area contributed by atoms with Crippen LogP contribution in [0.5, 0.6) is 0 Å². The number of alkyl halides is 1. The lowest BCUT2D eigenvalue weighted by Gasteiger charge is -2.17. The number of hydrogen-bond acceptors (Lipinski definition) is 2. The summed E-state index contributed by atoms with van der Waals surface area (Å²) in [5, 5.41) is -0.604. The number of amides is 1. The van der Waals surface area contributed by atoms with Gasteiger partial charge < -0.3 is 9.64 Å². The number of rotatable bonds is 2. The molecule has 1 aliphatic heterocycles. The second kappa shape index (κ2) is 4.64. The maximum absolute atomic E-state index is 11.9. The normalized spacial score (nSPS) is 17.8. The Balaban J connectivity index is 2.07. The summed E-state index contributed by atoms with van der Waals surface area (Å²) >= 11 is 6.09. The number of ether oxygens (including phenoxy) is 1. The van der Waals surface area contributed by atoms with Crippen molar-refractivity contribution in [1.82, 2.24) is 4.90 Å². The molecule has 80 valence electrons. The highest BCUT2D eigenvalue weighted by molar-refractivity contribution is 6.30. The Morgan fingerprint density at radius 1 is 1.40 bits per heavy atom. The van der Waals surface area contributed by atoms with Gasteiger partial charge in [-0.05, 0) is 5.56 Å². The Morgan fingerprint density at radius 2 is 2.13 bits per heavy atom. The van der Waals surface area contributed by atoms with Crippen molar-refractivity contribution in [3.8, 4) is 0 Å². The summed E-state index contributed by atoms with van der Waals surface area (Å²) in [5.41, 5.74) is 0.830. The van der Waals surface area contributed by atoms with Crippen LogP contribution in [-0.4, -0.2) is 30.7 Å². The van der Waals surface area contributed by atoms with Crippen LogP contribution < -0.4 is 0 Å². The van der Waals surface area contributed by atoms with E-state index in [2.05, 4.69) is 0 Å². The number of hydrogen-bond donors (Lipinski definition) is 0. The van der Waals surface area contributed by atoms with Crippen molar-refractivity contribution in [3.63, 3.8) is 0 Å². The smallest absolute Gasteiger partial charge is 0.247 e. The summed E-state index contributed by atoms with van der Waals surface area (Å²) in [6, 6.07) is 9.35. The third kappa shape index (κ3) is 2.30. The molecule has 0 spiro atoms. The highest BCUT2D eigenvalue weighted by atomic mass is 35.5. The fourth-order valence-electron chi connectivity index (χ4n) is 1.51. The largest absolute Gasteiger partial charge is 0.359 e. The topological polar surface area (TPSA) is 29.5 Å². The van der Waals surface area contributed by atoms with E-state index in [0.29, 0.717) is 19.9 Å². The number of halogens is 1. The van der Waals surface area contributed by atoms with Crippen LogP contribution in [0.25, 0.3) is 0 Å². The molecule has 1 saturated heterocycles. The quantitative estimate of drug-likeness (QED) is 0.719. The van der Waals surface area contributed by atoms with Crippen molar-refractivity contribution in [2.75, 3.05) is 19.9 Å². The number of benzene rings is 1. The van der Waals surface area contributed by atoms with E-state index < -0.39 is 5.38 Å². The molecule has 4 heteroatoms. The molecular weight excluding hydrogens is 214 g/mol. The second-order valence-electron chi connectivity index (χ2n) is 3.41. The molecule has 0 bridgehead atoms. The average molecular weight is 226 g/mol. The van der Waals surface area contributed by atoms with Crippen LogP contribution in [-0.2, 0) is 9.53 Å². The molecule has 1 unspecified atom stereocenters. The van der Waals surface area contributed by atoms with E-state index in [4.69, 9.17) is 16.3 Å². The van der Waals surface area contributed by atoms with E-state index in [9.17, 15) is 4.79 Å². The monoisotopic (exact) mass is 225 g/mol.